The predicted octanol–water partition coefficient (Wildman–Crippen LogP) is 8.28. The number of carbonyl (C=O) groups is 1. The molecule has 0 aliphatic heterocycles. The number of rotatable bonds is 7. The van der Waals surface area contributed by atoms with Crippen LogP contribution in [0, 0.1) is 0 Å². The average Bonchev–Trinajstić information content (AvgIpc) is 2.94. The summed E-state index contributed by atoms with van der Waals surface area (Å²) in [5, 5.41) is 8.48. The lowest BCUT2D eigenvalue weighted by Gasteiger charge is -2.22. The van der Waals surface area contributed by atoms with E-state index < -0.39 is 0 Å². The Morgan fingerprint density at radius 3 is 2.45 bits per heavy atom. The van der Waals surface area contributed by atoms with E-state index in [2.05, 4.69) is 58.2 Å². The van der Waals surface area contributed by atoms with Gasteiger partial charge in [0.25, 0.3) is 11.5 Å². The van der Waals surface area contributed by atoms with Gasteiger partial charge in [0.05, 0.1) is 26.1 Å². The third kappa shape index (κ3) is 6.84. The molecule has 3 aromatic carbocycles. The zero-order chi connectivity index (χ0) is 28.2. The number of hydrogen-bond donors (Lipinski definition) is 1. The SMILES string of the molecule is O=C(COc1c(Br)cc(C=Nn2c(C3CCCCC3)nc3ccc(Br)cc3c2=O)cc1Br)Nc1ccc(Cl)cc1. The van der Waals surface area contributed by atoms with Crippen molar-refractivity contribution >= 4 is 88.1 Å². The molecule has 5 rings (SSSR count). The number of nitrogens with zero attached hydrogens (tertiary/aromatic N) is 3. The van der Waals surface area contributed by atoms with Crippen LogP contribution in [0.25, 0.3) is 10.9 Å². The van der Waals surface area contributed by atoms with Gasteiger partial charge in [-0.1, -0.05) is 46.8 Å². The van der Waals surface area contributed by atoms with Crippen LogP contribution in [0.15, 0.2) is 77.9 Å². The zero-order valence-electron chi connectivity index (χ0n) is 21.2. The molecule has 7 nitrogen and oxygen atoms in total. The van der Waals surface area contributed by atoms with Crippen molar-refractivity contribution in [2.75, 3.05) is 11.9 Å². The molecule has 1 amide bonds. The summed E-state index contributed by atoms with van der Waals surface area (Å²) in [6.45, 7) is -0.189. The molecule has 0 saturated heterocycles. The largest absolute Gasteiger partial charge is 0.481 e. The van der Waals surface area contributed by atoms with Crippen molar-refractivity contribution < 1.29 is 9.53 Å². The highest BCUT2D eigenvalue weighted by Crippen LogP contribution is 2.35. The summed E-state index contributed by atoms with van der Waals surface area (Å²) in [6.07, 6.45) is 7.02. The van der Waals surface area contributed by atoms with E-state index >= 15 is 0 Å². The van der Waals surface area contributed by atoms with E-state index in [1.165, 1.54) is 11.1 Å². The quantitative estimate of drug-likeness (QED) is 0.193. The van der Waals surface area contributed by atoms with E-state index in [1.807, 2.05) is 24.3 Å². The summed E-state index contributed by atoms with van der Waals surface area (Å²) >= 11 is 16.4. The maximum absolute atomic E-state index is 13.6. The van der Waals surface area contributed by atoms with Gasteiger partial charge in [0, 0.05) is 21.1 Å². The molecule has 4 aromatic rings. The average molecular weight is 752 g/mol. The Hall–Kier alpha value is -2.53. The Balaban J connectivity index is 1.38. The molecule has 0 unspecified atom stereocenters. The summed E-state index contributed by atoms with van der Waals surface area (Å²) < 4.78 is 9.28. The first-order valence-corrected chi connectivity index (χ1v) is 15.5. The van der Waals surface area contributed by atoms with Gasteiger partial charge >= 0.3 is 0 Å². The molecule has 0 atom stereocenters. The van der Waals surface area contributed by atoms with Crippen LogP contribution in [0.1, 0.15) is 49.4 Å². The molecule has 1 heterocycles. The van der Waals surface area contributed by atoms with Crippen molar-refractivity contribution in [3.63, 3.8) is 0 Å². The third-order valence-electron chi connectivity index (χ3n) is 6.62. The molecule has 40 heavy (non-hydrogen) atoms. The van der Waals surface area contributed by atoms with Gasteiger partial charge in [0.1, 0.15) is 11.6 Å². The third-order valence-corrected chi connectivity index (χ3v) is 8.55. The lowest BCUT2D eigenvalue weighted by Crippen LogP contribution is -2.25. The van der Waals surface area contributed by atoms with Gasteiger partial charge in [-0.3, -0.25) is 9.59 Å². The van der Waals surface area contributed by atoms with Gasteiger partial charge in [-0.05, 0) is 105 Å². The first-order chi connectivity index (χ1) is 19.3. The van der Waals surface area contributed by atoms with Crippen molar-refractivity contribution in [1.82, 2.24) is 9.66 Å². The number of nitrogens with one attached hydrogen (secondary N) is 1. The minimum absolute atomic E-state index is 0.180. The molecule has 11 heteroatoms. The van der Waals surface area contributed by atoms with Crippen LogP contribution < -0.4 is 15.6 Å². The Morgan fingerprint density at radius 1 is 1.05 bits per heavy atom. The molecule has 1 saturated carbocycles. The number of fused-ring (bicyclic) bond motifs is 1. The lowest BCUT2D eigenvalue weighted by molar-refractivity contribution is -0.118. The highest BCUT2D eigenvalue weighted by Gasteiger charge is 2.22. The van der Waals surface area contributed by atoms with E-state index in [-0.39, 0.29) is 24.0 Å². The zero-order valence-corrected chi connectivity index (χ0v) is 26.7. The predicted molar refractivity (Wildman–Crippen MR) is 170 cm³/mol. The molecule has 0 bridgehead atoms. The topological polar surface area (TPSA) is 85.6 Å². The lowest BCUT2D eigenvalue weighted by atomic mass is 9.88. The van der Waals surface area contributed by atoms with Crippen molar-refractivity contribution in [3.05, 3.63) is 94.8 Å². The van der Waals surface area contributed by atoms with Crippen LogP contribution in [0.5, 0.6) is 5.75 Å². The Morgan fingerprint density at radius 2 is 1.75 bits per heavy atom. The van der Waals surface area contributed by atoms with Gasteiger partial charge in [0.15, 0.2) is 6.61 Å². The first-order valence-electron chi connectivity index (χ1n) is 12.7. The summed E-state index contributed by atoms with van der Waals surface area (Å²) in [5.74, 6) is 1.04. The fourth-order valence-corrected chi connectivity index (χ4v) is 6.62. The number of anilines is 1. The normalized spacial score (nSPS) is 14.1. The summed E-state index contributed by atoms with van der Waals surface area (Å²) in [7, 11) is 0. The van der Waals surface area contributed by atoms with Gasteiger partial charge < -0.3 is 10.1 Å². The minimum atomic E-state index is -0.309. The highest BCUT2D eigenvalue weighted by atomic mass is 79.9. The molecule has 1 aliphatic carbocycles. The fourth-order valence-electron chi connectivity index (χ4n) is 4.69. The number of ether oxygens (including phenoxy) is 1. The molecule has 1 aliphatic rings. The van der Waals surface area contributed by atoms with Crippen LogP contribution in [-0.2, 0) is 4.79 Å². The Kier molecular flexibility index (Phi) is 9.40. The summed E-state index contributed by atoms with van der Waals surface area (Å²) in [6, 6.07) is 16.0. The monoisotopic (exact) mass is 748 g/mol. The maximum Gasteiger partial charge on any atom is 0.282 e. The summed E-state index contributed by atoms with van der Waals surface area (Å²) in [5.41, 5.74) is 1.83. The number of halogens is 4. The second-order valence-electron chi connectivity index (χ2n) is 9.49. The molecule has 1 fully saturated rings. The molecule has 206 valence electrons. The van der Waals surface area contributed by atoms with Gasteiger partial charge in [-0.2, -0.15) is 9.78 Å². The van der Waals surface area contributed by atoms with E-state index in [4.69, 9.17) is 21.3 Å². The van der Waals surface area contributed by atoms with E-state index in [0.29, 0.717) is 42.1 Å². The van der Waals surface area contributed by atoms with E-state index in [9.17, 15) is 9.59 Å². The smallest absolute Gasteiger partial charge is 0.282 e. The Bertz CT molecular complexity index is 1630. The van der Waals surface area contributed by atoms with Gasteiger partial charge in [-0.15, -0.1) is 0 Å². The van der Waals surface area contributed by atoms with E-state index in [0.717, 1.165) is 35.7 Å². The molecule has 0 radical (unpaired) electrons. The van der Waals surface area contributed by atoms with Crippen LogP contribution >= 0.6 is 59.4 Å². The number of amides is 1. The molecular weight excluding hydrogens is 728 g/mol. The number of hydrogen-bond acceptors (Lipinski definition) is 5. The van der Waals surface area contributed by atoms with Crippen molar-refractivity contribution in [3.8, 4) is 5.75 Å². The van der Waals surface area contributed by atoms with Gasteiger partial charge in [0.2, 0.25) is 0 Å². The summed E-state index contributed by atoms with van der Waals surface area (Å²) in [4.78, 5) is 30.8. The van der Waals surface area contributed by atoms with E-state index in [1.54, 1.807) is 36.5 Å². The molecule has 1 N–H and O–H groups in total. The van der Waals surface area contributed by atoms with Crippen LogP contribution in [0.2, 0.25) is 5.02 Å². The van der Waals surface area contributed by atoms with Crippen LogP contribution in [0.4, 0.5) is 5.69 Å². The Labute approximate surface area is 261 Å². The highest BCUT2D eigenvalue weighted by molar-refractivity contribution is 9.11. The number of benzene rings is 3. The van der Waals surface area contributed by atoms with Crippen LogP contribution in [-0.4, -0.2) is 28.4 Å². The molecule has 0 spiro atoms. The standard InChI is InChI=1S/C29H24Br3ClN4O3/c30-19-6-11-25-22(14-19)29(39)37(28(36-25)18-4-2-1-3-5-18)34-15-17-12-23(31)27(24(32)13-17)40-16-26(38)35-21-9-7-20(33)8-10-21/h6-15,18H,1-5,16H2,(H,35,38). The molecular formula is C29H24Br3ClN4O3. The second kappa shape index (κ2) is 13.0. The van der Waals surface area contributed by atoms with Crippen molar-refractivity contribution in [2.45, 2.75) is 38.0 Å². The van der Waals surface area contributed by atoms with Crippen molar-refractivity contribution in [1.29, 1.82) is 0 Å². The first kappa shape index (κ1) is 29.0. The van der Waals surface area contributed by atoms with Crippen molar-refractivity contribution in [2.24, 2.45) is 5.10 Å². The fraction of sp³-hybridized carbons (Fsp3) is 0.241. The minimum Gasteiger partial charge on any atom is -0.481 e. The van der Waals surface area contributed by atoms with Crippen LogP contribution in [0.3, 0.4) is 0 Å². The molecule has 1 aromatic heterocycles. The van der Waals surface area contributed by atoms with Gasteiger partial charge in [-0.25, -0.2) is 4.98 Å². The number of aromatic nitrogens is 2. The maximum atomic E-state index is 13.6. The number of carbonyl (C=O) groups excluding carboxylic acids is 1. The second-order valence-corrected chi connectivity index (χ2v) is 12.5.